The van der Waals surface area contributed by atoms with Gasteiger partial charge in [0.25, 0.3) is 10.1 Å². The van der Waals surface area contributed by atoms with Gasteiger partial charge >= 0.3 is 40.7 Å². The van der Waals surface area contributed by atoms with Gasteiger partial charge in [-0.3, -0.25) is 59.0 Å². The molecule has 0 saturated carbocycles. The molecule has 5 saturated heterocycles. The van der Waals surface area contributed by atoms with Crippen LogP contribution in [0.1, 0.15) is 171 Å². The van der Waals surface area contributed by atoms with E-state index >= 15 is 0 Å². The molecule has 5 fully saturated rings. The second-order valence-corrected chi connectivity index (χ2v) is 41.0. The third-order valence-electron chi connectivity index (χ3n) is 24.0. The van der Waals surface area contributed by atoms with Crippen LogP contribution in [0.4, 0.5) is 40.3 Å². The zero-order valence-electron chi connectivity index (χ0n) is 84.6. The number of hydrogen-bond donors (Lipinski definition) is 3. The number of aromatic nitrogens is 4. The van der Waals surface area contributed by atoms with Crippen LogP contribution in [-0.2, 0) is 165 Å². The van der Waals surface area contributed by atoms with E-state index in [1.807, 2.05) is 99.8 Å². The van der Waals surface area contributed by atoms with Gasteiger partial charge in [0, 0.05) is 131 Å². The van der Waals surface area contributed by atoms with Crippen LogP contribution in [0.15, 0.2) is 163 Å². The van der Waals surface area contributed by atoms with Gasteiger partial charge in [0.2, 0.25) is 23.3 Å². The summed E-state index contributed by atoms with van der Waals surface area (Å²) in [5.41, 5.74) is 0.371. The van der Waals surface area contributed by atoms with Gasteiger partial charge < -0.3 is 97.9 Å². The molecule has 7 aromatic carbocycles. The number of H-pyrrole nitrogens is 1. The van der Waals surface area contributed by atoms with Gasteiger partial charge in [0.15, 0.2) is 28.9 Å². The maximum atomic E-state index is 14.6. The number of aliphatic hydroxyl groups is 2. The average molecular weight is 2140 g/mol. The van der Waals surface area contributed by atoms with Gasteiger partial charge in [0.1, 0.15) is 66.6 Å². The van der Waals surface area contributed by atoms with E-state index in [2.05, 4.69) is 4.98 Å². The van der Waals surface area contributed by atoms with Crippen LogP contribution in [0, 0.1) is 78.1 Å². The minimum absolute atomic E-state index is 0. The number of fused-ring (bicyclic) bond motifs is 4. The van der Waals surface area contributed by atoms with Gasteiger partial charge in [-0.15, -0.1) is 0 Å². The van der Waals surface area contributed by atoms with E-state index in [1.165, 1.54) is 36.4 Å². The van der Waals surface area contributed by atoms with Crippen LogP contribution in [0.5, 0.6) is 0 Å². The van der Waals surface area contributed by atoms with Gasteiger partial charge in [-0.25, -0.2) is 0 Å². The summed E-state index contributed by atoms with van der Waals surface area (Å²) in [6.45, 7) is 38.3. The molecule has 145 heavy (non-hydrogen) atoms. The fraction of sp³-hybridized carbons (Fsp3) is 0.471. The normalized spacial score (nSPS) is 18.6. The van der Waals surface area contributed by atoms with E-state index in [9.17, 15) is 85.9 Å². The first kappa shape index (κ1) is 117. The van der Waals surface area contributed by atoms with Crippen LogP contribution in [-0.4, -0.2) is 194 Å². The standard InChI is InChI=1S/C25H27FN2O6.C24H31FN2O8.C19H17FN2O4.C18H23FN2O5.C13H18O5S.C2H6O.CH3.Pd/c1-24(2,23(29)32-14-16-8-6-5-7-9-16)22-11-17-10-21(28(30)31)19(26)12-20(17)27(22)13-18-15-33-25(3,4)34-18;1-22(2,21(28)31-11-16-13-33-24(5,6)35-16)20-8-14-7-19(27(29)30)17(25)9-18(14)26(20)10-15-12-32-23(3,4)34-15;1-19(2,18(23)26-11-12-6-4-3-5-7-12)17-9-13-8-16(22(24)25)14(20)10-15(13)21-17;1-17(2,10-22)16-6-11-5-15(21(23)24)13(19)7-14(11)20(16)8-12-9-25-18(3,4)26-12;1-10-4-6-12(7-5-10)19(14,15)17-9-11-8-16-13(2,3)18-11;1-2-3;;/h5-12,18H,13-15H2,1-4H3;7-9,15-16H,10-13H2,1-6H3;3-10,21H,11H2,1-2H3;5-7,12,22H,8-10H2,1-4H3;4-7,11H,8-9H2,1-3H3;3H,2H2,1H3;1H3;/q;;;;;;-1;/t18-;15-,16-;;12-;11-;;;/m11.10.../s1. The van der Waals surface area contributed by atoms with Crippen molar-refractivity contribution in [1.29, 1.82) is 0 Å². The Morgan fingerprint density at radius 1 is 0.434 bits per heavy atom. The quantitative estimate of drug-likeness (QED) is 0.00599. The Kier molecular flexibility index (Phi) is 38.1. The van der Waals surface area contributed by atoms with Crippen LogP contribution < -0.4 is 0 Å². The molecule has 9 heterocycles. The van der Waals surface area contributed by atoms with E-state index < -0.39 is 150 Å². The second kappa shape index (κ2) is 47.1. The molecule has 0 bridgehead atoms. The smallest absolute Gasteiger partial charge is 0.317 e. The number of aromatic amines is 1. The molecule has 5 aliphatic rings. The minimum atomic E-state index is -3.74. The number of ether oxygens (including phenoxy) is 13. The predicted molar refractivity (Wildman–Crippen MR) is 521 cm³/mol. The number of nitro benzene ring substituents is 4. The summed E-state index contributed by atoms with van der Waals surface area (Å²) in [6.07, 6.45) is -1.71. The van der Waals surface area contributed by atoms with Crippen molar-refractivity contribution in [3.63, 3.8) is 0 Å². The molecule has 0 amide bonds. The molecule has 0 aliphatic carbocycles. The molecule has 16 rings (SSSR count). The monoisotopic (exact) mass is 2140 g/mol. The Labute approximate surface area is 850 Å². The number of halogens is 4. The summed E-state index contributed by atoms with van der Waals surface area (Å²) in [7, 11) is -3.74. The van der Waals surface area contributed by atoms with E-state index in [0.29, 0.717) is 100 Å². The Hall–Kier alpha value is -11.5. The fourth-order valence-electron chi connectivity index (χ4n) is 16.4. The molecular formula is C102H125F4N8O29PdS-. The predicted octanol–water partition coefficient (Wildman–Crippen LogP) is 18.3. The molecule has 37 nitrogen and oxygen atoms in total. The summed E-state index contributed by atoms with van der Waals surface area (Å²) >= 11 is 0. The van der Waals surface area contributed by atoms with Crippen molar-refractivity contribution in [3.8, 4) is 0 Å². The third-order valence-corrected chi connectivity index (χ3v) is 25.3. The number of nitrogens with zero attached hydrogens (tertiary/aromatic N) is 7. The summed E-state index contributed by atoms with van der Waals surface area (Å²) in [6, 6.07) is 41.0. The number of aliphatic hydroxyl groups excluding tert-OH is 2. The third kappa shape index (κ3) is 29.3. The molecular weight excluding hydrogens is 2020 g/mol. The first-order valence-electron chi connectivity index (χ1n) is 46.0. The first-order valence-corrected chi connectivity index (χ1v) is 47.4. The van der Waals surface area contributed by atoms with Gasteiger partial charge in [-0.2, -0.15) is 26.0 Å². The Bertz CT molecular complexity index is 6580. The van der Waals surface area contributed by atoms with Crippen LogP contribution >= 0.6 is 0 Å². The van der Waals surface area contributed by atoms with Gasteiger partial charge in [-0.05, 0) is 172 Å². The summed E-state index contributed by atoms with van der Waals surface area (Å²) in [5, 5.41) is 63.7. The van der Waals surface area contributed by atoms with Crippen molar-refractivity contribution < 1.29 is 156 Å². The summed E-state index contributed by atoms with van der Waals surface area (Å²) in [4.78, 5) is 83.5. The van der Waals surface area contributed by atoms with Crippen LogP contribution in [0.3, 0.4) is 0 Å². The van der Waals surface area contributed by atoms with Crippen molar-refractivity contribution in [2.45, 2.75) is 257 Å². The number of carbonyl (C=O) groups excluding carboxylic acids is 3. The van der Waals surface area contributed by atoms with E-state index in [1.54, 1.807) is 149 Å². The average Bonchev–Trinajstić information content (AvgIpc) is 1.59. The zero-order valence-corrected chi connectivity index (χ0v) is 87.0. The second-order valence-electron chi connectivity index (χ2n) is 39.4. The molecule has 43 heteroatoms. The number of esters is 3. The van der Waals surface area contributed by atoms with E-state index in [0.717, 1.165) is 46.6 Å². The molecule has 11 aromatic rings. The molecule has 3 N–H and O–H groups in total. The molecule has 792 valence electrons. The number of rotatable bonds is 28. The maximum absolute atomic E-state index is 14.6. The van der Waals surface area contributed by atoms with Crippen molar-refractivity contribution in [1.82, 2.24) is 18.7 Å². The Morgan fingerprint density at radius 3 is 1.07 bits per heavy atom. The Balaban J connectivity index is 0.000000202. The Morgan fingerprint density at radius 2 is 0.738 bits per heavy atom. The largest absolute Gasteiger partial charge is 0.462 e. The van der Waals surface area contributed by atoms with Gasteiger partial charge in [-0.1, -0.05) is 92.2 Å². The number of benzene rings is 7. The SMILES string of the molecule is CC(C)(C(=O)OCc1ccccc1)c1cc2cc([N+](=O)[O-])c(F)cc2[nH]1.CC1(C)OC[C@@H](COC(=O)C(C)(C)c2cc3cc([N+](=O)[O-])c(F)cc3n2C[C@@H]2COC(C)(C)O2)O1.CC1(C)OC[C@@H](Cn2c(C(C)(C)C(=O)OCc3ccccc3)cc3cc([N+](=O)[O-])c(F)cc32)O1.CC1(C)OC[C@@H](Cn2c(C(C)(C)CO)cc3cc([N+](=O)[O-])c(F)cc32)O1.CCO.Cc1ccc(S(=O)(=O)OC[C@@H]2COC(C)(C)O2)cc1.[CH3-].[Pd]. The number of carbonyl (C=O) groups is 3. The van der Waals surface area contributed by atoms with Crippen LogP contribution in [0.2, 0.25) is 0 Å². The number of nitrogens with one attached hydrogen (secondary N) is 1. The number of nitro groups is 4. The fourth-order valence-corrected chi connectivity index (χ4v) is 17.3. The van der Waals surface area contributed by atoms with Crippen molar-refractivity contribution in [2.24, 2.45) is 0 Å². The van der Waals surface area contributed by atoms with Gasteiger partial charge in [0.05, 0.1) is 107 Å². The molecule has 5 atom stereocenters. The van der Waals surface area contributed by atoms with Crippen molar-refractivity contribution in [3.05, 3.63) is 268 Å². The minimum Gasteiger partial charge on any atom is -0.462 e. The molecule has 0 unspecified atom stereocenters. The molecule has 5 aliphatic heterocycles. The summed E-state index contributed by atoms with van der Waals surface area (Å²) in [5.74, 6) is -8.82. The molecule has 0 radical (unpaired) electrons. The van der Waals surface area contributed by atoms with E-state index in [4.69, 9.17) is 70.9 Å². The first-order chi connectivity index (χ1) is 66.7. The van der Waals surface area contributed by atoms with Crippen molar-refractivity contribution >= 4 is 94.4 Å². The number of aryl methyl sites for hydroxylation is 1. The number of hydrogen-bond acceptors (Lipinski definition) is 29. The molecule has 0 spiro atoms. The van der Waals surface area contributed by atoms with Crippen molar-refractivity contribution in [2.75, 3.05) is 59.5 Å². The van der Waals surface area contributed by atoms with Crippen LogP contribution in [0.25, 0.3) is 43.6 Å². The zero-order chi connectivity index (χ0) is 105. The topological polar surface area (TPSA) is 458 Å². The summed E-state index contributed by atoms with van der Waals surface area (Å²) < 4.78 is 165. The van der Waals surface area contributed by atoms with E-state index in [-0.39, 0.29) is 110 Å². The molecule has 4 aromatic heterocycles. The maximum Gasteiger partial charge on any atom is 0.317 e.